The van der Waals surface area contributed by atoms with Crippen molar-refractivity contribution in [1.82, 2.24) is 8.68 Å². The van der Waals surface area contributed by atoms with Crippen molar-refractivity contribution in [3.8, 4) is 0 Å². The maximum atomic E-state index is 12.2. The van der Waals surface area contributed by atoms with Crippen molar-refractivity contribution < 1.29 is 8.42 Å². The normalized spacial score (nSPS) is 12.9. The van der Waals surface area contributed by atoms with E-state index in [1.807, 2.05) is 0 Å². The third kappa shape index (κ3) is 3.58. The lowest BCUT2D eigenvalue weighted by Gasteiger charge is -2.23. The molecule has 1 rings (SSSR count). The highest BCUT2D eigenvalue weighted by Crippen LogP contribution is 2.34. The smallest absolute Gasteiger partial charge is 0.249 e. The molecule has 0 unspecified atom stereocenters. The summed E-state index contributed by atoms with van der Waals surface area (Å²) in [6.07, 6.45) is 0.990. The van der Waals surface area contributed by atoms with Crippen LogP contribution in [-0.4, -0.2) is 37.7 Å². The molecule has 0 aromatic carbocycles. The number of nitrogens with two attached hydrogens (primary N) is 1. The Bertz CT molecular complexity index is 535. The lowest BCUT2D eigenvalue weighted by Crippen LogP contribution is -2.25. The number of rotatable bonds is 6. The summed E-state index contributed by atoms with van der Waals surface area (Å²) in [6.45, 7) is 7.00. The minimum atomic E-state index is -3.58. The van der Waals surface area contributed by atoms with E-state index >= 15 is 0 Å². The zero-order valence-electron chi connectivity index (χ0n) is 12.0. The molecule has 1 heterocycles. The van der Waals surface area contributed by atoms with Gasteiger partial charge >= 0.3 is 0 Å². The van der Waals surface area contributed by atoms with E-state index in [1.165, 1.54) is 14.1 Å². The lowest BCUT2D eigenvalue weighted by atomic mass is 9.90. The van der Waals surface area contributed by atoms with E-state index in [2.05, 4.69) is 30.5 Å². The van der Waals surface area contributed by atoms with Crippen LogP contribution in [0.3, 0.4) is 0 Å². The molecule has 0 saturated heterocycles. The van der Waals surface area contributed by atoms with Crippen molar-refractivity contribution in [3.05, 3.63) is 0 Å². The van der Waals surface area contributed by atoms with Crippen LogP contribution in [0, 0.1) is 5.41 Å². The molecule has 1 aromatic rings. The van der Waals surface area contributed by atoms with Crippen molar-refractivity contribution in [2.45, 2.75) is 32.1 Å². The Hall–Kier alpha value is -0.860. The molecule has 110 valence electrons. The van der Waals surface area contributed by atoms with Gasteiger partial charge in [-0.3, -0.25) is 0 Å². The molecule has 6 nitrogen and oxygen atoms in total. The van der Waals surface area contributed by atoms with Gasteiger partial charge in [0, 0.05) is 20.6 Å². The van der Waals surface area contributed by atoms with Crippen molar-refractivity contribution in [3.63, 3.8) is 0 Å². The van der Waals surface area contributed by atoms with Gasteiger partial charge in [0.1, 0.15) is 5.00 Å². The summed E-state index contributed by atoms with van der Waals surface area (Å²) in [6, 6.07) is 0. The van der Waals surface area contributed by atoms with E-state index in [1.54, 1.807) is 0 Å². The van der Waals surface area contributed by atoms with Crippen molar-refractivity contribution in [2.75, 3.05) is 31.7 Å². The monoisotopic (exact) mass is 306 g/mol. The highest BCUT2D eigenvalue weighted by atomic mass is 32.2. The molecule has 0 saturated carbocycles. The van der Waals surface area contributed by atoms with Crippen LogP contribution in [0.15, 0.2) is 4.90 Å². The van der Waals surface area contributed by atoms with Gasteiger partial charge in [0.05, 0.1) is 0 Å². The summed E-state index contributed by atoms with van der Waals surface area (Å²) in [7, 11) is -0.619. The predicted octanol–water partition coefficient (Wildman–Crippen LogP) is 1.82. The SMILES string of the molecule is CCC(C)(C)CNc1snc(N)c1S(=O)(=O)N(C)C. The van der Waals surface area contributed by atoms with Gasteiger partial charge in [-0.15, -0.1) is 0 Å². The number of nitrogens with one attached hydrogen (secondary N) is 1. The van der Waals surface area contributed by atoms with Crippen LogP contribution in [0.1, 0.15) is 27.2 Å². The standard InChI is InChI=1S/C11H22N4O2S2/c1-6-11(2,3)7-13-10-8(9(12)14-18-10)19(16,17)15(4)5/h13H,6-7H2,1-5H3,(H2,12,14). The Kier molecular flexibility index (Phi) is 4.81. The van der Waals surface area contributed by atoms with E-state index in [0.29, 0.717) is 11.5 Å². The van der Waals surface area contributed by atoms with Crippen molar-refractivity contribution in [2.24, 2.45) is 5.41 Å². The minimum absolute atomic E-state index is 0.0514. The first-order valence-electron chi connectivity index (χ1n) is 6.03. The third-order valence-corrected chi connectivity index (χ3v) is 5.94. The first kappa shape index (κ1) is 16.2. The van der Waals surface area contributed by atoms with E-state index in [-0.39, 0.29) is 16.1 Å². The Morgan fingerprint density at radius 3 is 2.47 bits per heavy atom. The molecule has 0 aliphatic carbocycles. The zero-order chi connectivity index (χ0) is 14.8. The zero-order valence-corrected chi connectivity index (χ0v) is 13.7. The van der Waals surface area contributed by atoms with Crippen LogP contribution in [0.25, 0.3) is 0 Å². The minimum Gasteiger partial charge on any atom is -0.382 e. The second-order valence-electron chi connectivity index (χ2n) is 5.38. The predicted molar refractivity (Wildman–Crippen MR) is 80.0 cm³/mol. The van der Waals surface area contributed by atoms with Crippen LogP contribution in [-0.2, 0) is 10.0 Å². The van der Waals surface area contributed by atoms with Crippen LogP contribution in [0.4, 0.5) is 10.8 Å². The fraction of sp³-hybridized carbons (Fsp3) is 0.727. The quantitative estimate of drug-likeness (QED) is 0.837. The highest BCUT2D eigenvalue weighted by molar-refractivity contribution is 7.89. The number of nitrogen functional groups attached to an aromatic ring is 1. The molecule has 0 aliphatic heterocycles. The fourth-order valence-corrected chi connectivity index (χ4v) is 3.36. The molecule has 19 heavy (non-hydrogen) atoms. The van der Waals surface area contributed by atoms with Gasteiger partial charge in [0.15, 0.2) is 10.7 Å². The molecular weight excluding hydrogens is 284 g/mol. The Balaban J connectivity index is 3.06. The average Bonchev–Trinajstić information content (AvgIpc) is 2.68. The van der Waals surface area contributed by atoms with Crippen LogP contribution < -0.4 is 11.1 Å². The Morgan fingerprint density at radius 2 is 2.00 bits per heavy atom. The van der Waals surface area contributed by atoms with Gasteiger partial charge in [-0.05, 0) is 23.4 Å². The number of hydrogen-bond acceptors (Lipinski definition) is 6. The van der Waals surface area contributed by atoms with Crippen LogP contribution in [0.5, 0.6) is 0 Å². The Labute approximate surface area is 119 Å². The van der Waals surface area contributed by atoms with Gasteiger partial charge in [-0.25, -0.2) is 12.7 Å². The van der Waals surface area contributed by atoms with E-state index in [9.17, 15) is 8.42 Å². The van der Waals surface area contributed by atoms with Gasteiger partial charge in [0.25, 0.3) is 0 Å². The van der Waals surface area contributed by atoms with Gasteiger partial charge in [-0.1, -0.05) is 20.8 Å². The number of sulfonamides is 1. The molecule has 3 N–H and O–H groups in total. The summed E-state index contributed by atoms with van der Waals surface area (Å²) in [5.74, 6) is 0.0514. The topological polar surface area (TPSA) is 88.3 Å². The molecular formula is C11H22N4O2S2. The average molecular weight is 306 g/mol. The molecule has 0 amide bonds. The number of anilines is 2. The number of hydrogen-bond donors (Lipinski definition) is 2. The molecule has 0 atom stereocenters. The summed E-state index contributed by atoms with van der Waals surface area (Å²) in [5.41, 5.74) is 5.77. The largest absolute Gasteiger partial charge is 0.382 e. The summed E-state index contributed by atoms with van der Waals surface area (Å²) in [5, 5.41) is 3.66. The molecule has 0 radical (unpaired) electrons. The van der Waals surface area contributed by atoms with E-state index < -0.39 is 10.0 Å². The number of nitrogens with zero attached hydrogens (tertiary/aromatic N) is 2. The van der Waals surface area contributed by atoms with Crippen molar-refractivity contribution >= 4 is 32.4 Å². The number of aromatic nitrogens is 1. The van der Waals surface area contributed by atoms with Crippen LogP contribution in [0.2, 0.25) is 0 Å². The third-order valence-electron chi connectivity index (χ3n) is 3.10. The second kappa shape index (κ2) is 5.64. The Morgan fingerprint density at radius 1 is 1.42 bits per heavy atom. The molecule has 1 aromatic heterocycles. The molecule has 0 bridgehead atoms. The van der Waals surface area contributed by atoms with Gasteiger partial charge < -0.3 is 11.1 Å². The molecule has 0 aliphatic rings. The van der Waals surface area contributed by atoms with Crippen molar-refractivity contribution in [1.29, 1.82) is 0 Å². The van der Waals surface area contributed by atoms with E-state index in [0.717, 1.165) is 22.3 Å². The fourth-order valence-electron chi connectivity index (χ4n) is 1.28. The highest BCUT2D eigenvalue weighted by Gasteiger charge is 2.28. The van der Waals surface area contributed by atoms with Crippen LogP contribution >= 0.6 is 11.5 Å². The maximum absolute atomic E-state index is 12.2. The van der Waals surface area contributed by atoms with Gasteiger partial charge in [-0.2, -0.15) is 4.37 Å². The van der Waals surface area contributed by atoms with Gasteiger partial charge in [0.2, 0.25) is 10.0 Å². The summed E-state index contributed by atoms with van der Waals surface area (Å²) in [4.78, 5) is 0.0782. The molecule has 0 fully saturated rings. The first-order chi connectivity index (χ1) is 8.62. The summed E-state index contributed by atoms with van der Waals surface area (Å²) >= 11 is 1.08. The maximum Gasteiger partial charge on any atom is 0.249 e. The second-order valence-corrected chi connectivity index (χ2v) is 8.25. The molecule has 0 spiro atoms. The lowest BCUT2D eigenvalue weighted by molar-refractivity contribution is 0.377. The summed E-state index contributed by atoms with van der Waals surface area (Å²) < 4.78 is 29.5. The first-order valence-corrected chi connectivity index (χ1v) is 8.24. The van der Waals surface area contributed by atoms with E-state index in [4.69, 9.17) is 5.73 Å². The molecule has 8 heteroatoms.